The molecule has 4 rings (SSSR count). The molecule has 1 aromatic rings. The molecule has 0 aliphatic carbocycles. The molecule has 3 saturated heterocycles. The first-order chi connectivity index (χ1) is 17.6. The zero-order valence-corrected chi connectivity index (χ0v) is 24.9. The smallest absolute Gasteiger partial charge is 0.244 e. The maximum Gasteiger partial charge on any atom is 0.244 e. The Kier molecular flexibility index (Phi) is 7.74. The van der Waals surface area contributed by atoms with Crippen molar-refractivity contribution in [2.45, 2.75) is 95.9 Å². The van der Waals surface area contributed by atoms with Crippen molar-refractivity contribution < 1.29 is 19.5 Å². The van der Waals surface area contributed by atoms with Gasteiger partial charge in [-0.15, -0.1) is 11.8 Å². The molecular weight excluding hydrogens is 498 g/mol. The van der Waals surface area contributed by atoms with Crippen molar-refractivity contribution >= 4 is 35.2 Å². The number of amides is 3. The summed E-state index contributed by atoms with van der Waals surface area (Å²) in [6.45, 7) is 16.3. The number of aliphatic hydroxyl groups excluding tert-OH is 1. The Morgan fingerprint density at radius 2 is 1.76 bits per heavy atom. The first-order valence-electron chi connectivity index (χ1n) is 13.9. The number of aliphatic hydroxyl groups is 1. The van der Waals surface area contributed by atoms with Gasteiger partial charge < -0.3 is 20.6 Å². The van der Waals surface area contributed by atoms with E-state index >= 15 is 0 Å². The van der Waals surface area contributed by atoms with Gasteiger partial charge in [0.2, 0.25) is 17.7 Å². The molecule has 3 amide bonds. The predicted molar refractivity (Wildman–Crippen MR) is 153 cm³/mol. The predicted octanol–water partition coefficient (Wildman–Crippen LogP) is 4.31. The molecule has 3 heterocycles. The highest BCUT2D eigenvalue weighted by molar-refractivity contribution is 8.02. The SMILES string of the molecule is CC(C)[C@H](CO)N1C(=O)[C@@H]2[C@H](C(=O)Nc3ccccc3)[C@@H]3CC(C)C2(S3)C1C(=O)NC(C)(C)CC(C)(C)C. The van der Waals surface area contributed by atoms with Crippen LogP contribution in [0.25, 0.3) is 0 Å². The summed E-state index contributed by atoms with van der Waals surface area (Å²) in [5.74, 6) is -1.64. The van der Waals surface area contributed by atoms with Gasteiger partial charge in [-0.25, -0.2) is 0 Å². The molecule has 3 unspecified atom stereocenters. The Hall–Kier alpha value is -2.06. The van der Waals surface area contributed by atoms with Crippen LogP contribution in [0.2, 0.25) is 0 Å². The van der Waals surface area contributed by atoms with Gasteiger partial charge in [-0.3, -0.25) is 14.4 Å². The van der Waals surface area contributed by atoms with Crippen LogP contribution in [0.1, 0.15) is 68.2 Å². The zero-order chi connectivity index (χ0) is 28.2. The molecule has 3 fully saturated rings. The largest absolute Gasteiger partial charge is 0.394 e. The van der Waals surface area contributed by atoms with Crippen LogP contribution in [-0.4, -0.2) is 62.0 Å². The number of carbonyl (C=O) groups excluding carboxylic acids is 3. The van der Waals surface area contributed by atoms with Crippen molar-refractivity contribution in [3.8, 4) is 0 Å². The van der Waals surface area contributed by atoms with Gasteiger partial charge in [0, 0.05) is 16.5 Å². The van der Waals surface area contributed by atoms with E-state index in [9.17, 15) is 19.5 Å². The average Bonchev–Trinajstić information content (AvgIpc) is 3.37. The van der Waals surface area contributed by atoms with E-state index < -0.39 is 34.2 Å². The fourth-order valence-electron chi connectivity index (χ4n) is 7.56. The lowest BCUT2D eigenvalue weighted by Gasteiger charge is -2.43. The van der Waals surface area contributed by atoms with Crippen LogP contribution in [0.5, 0.6) is 0 Å². The minimum Gasteiger partial charge on any atom is -0.394 e. The standard InChI is InChI=1S/C30H45N3O4S/c1-17(2)20(15-34)33-24(26(36)32-29(7,8)16-28(4,5)6)30-18(3)14-21(38-30)22(23(30)27(33)37)25(35)31-19-12-10-9-11-13-19/h9-13,17-18,20-24,34H,14-16H2,1-8H3,(H,31,35)(H,32,36)/t18?,20-,21-,22+,23-,24?,30?/m0/s1. The van der Waals surface area contributed by atoms with E-state index in [1.807, 2.05) is 58.0 Å². The zero-order valence-electron chi connectivity index (χ0n) is 24.1. The van der Waals surface area contributed by atoms with E-state index in [1.165, 1.54) is 0 Å². The molecule has 1 aromatic carbocycles. The first kappa shape index (κ1) is 28.9. The third kappa shape index (κ3) is 4.99. The van der Waals surface area contributed by atoms with Gasteiger partial charge in [-0.1, -0.05) is 59.7 Å². The van der Waals surface area contributed by atoms with Crippen LogP contribution < -0.4 is 10.6 Å². The van der Waals surface area contributed by atoms with Gasteiger partial charge >= 0.3 is 0 Å². The van der Waals surface area contributed by atoms with Gasteiger partial charge in [-0.05, 0) is 56.1 Å². The fourth-order valence-corrected chi connectivity index (χ4v) is 9.96. The lowest BCUT2D eigenvalue weighted by atomic mass is 9.65. The minimum absolute atomic E-state index is 0.00280. The molecular formula is C30H45N3O4S. The molecule has 7 nitrogen and oxygen atoms in total. The molecule has 8 heteroatoms. The molecule has 7 atom stereocenters. The maximum atomic E-state index is 14.3. The normalized spacial score (nSPS) is 31.5. The highest BCUT2D eigenvalue weighted by Crippen LogP contribution is 2.69. The summed E-state index contributed by atoms with van der Waals surface area (Å²) in [6.07, 6.45) is 1.54. The lowest BCUT2D eigenvalue weighted by Crippen LogP contribution is -2.62. The highest BCUT2D eigenvalue weighted by Gasteiger charge is 2.76. The highest BCUT2D eigenvalue weighted by atomic mass is 32.2. The summed E-state index contributed by atoms with van der Waals surface area (Å²) < 4.78 is -0.718. The van der Waals surface area contributed by atoms with Crippen molar-refractivity contribution in [2.24, 2.45) is 29.1 Å². The number of nitrogens with zero attached hydrogens (tertiary/aromatic N) is 1. The van der Waals surface area contributed by atoms with E-state index in [0.717, 1.165) is 12.8 Å². The van der Waals surface area contributed by atoms with Gasteiger partial charge in [0.15, 0.2) is 0 Å². The third-order valence-electron chi connectivity index (χ3n) is 8.52. The number of fused-ring (bicyclic) bond motifs is 1. The number of nitrogens with one attached hydrogen (secondary N) is 2. The summed E-state index contributed by atoms with van der Waals surface area (Å²) in [6, 6.07) is 8.05. The van der Waals surface area contributed by atoms with E-state index in [4.69, 9.17) is 0 Å². The van der Waals surface area contributed by atoms with Crippen molar-refractivity contribution in [1.29, 1.82) is 0 Å². The number of rotatable bonds is 8. The Morgan fingerprint density at radius 3 is 2.32 bits per heavy atom. The van der Waals surface area contributed by atoms with E-state index in [1.54, 1.807) is 16.7 Å². The van der Waals surface area contributed by atoms with Gasteiger partial charge in [0.1, 0.15) is 6.04 Å². The Balaban J connectivity index is 1.75. The van der Waals surface area contributed by atoms with Crippen LogP contribution in [0.15, 0.2) is 30.3 Å². The van der Waals surface area contributed by atoms with Crippen LogP contribution in [0.3, 0.4) is 0 Å². The van der Waals surface area contributed by atoms with Crippen molar-refractivity contribution in [2.75, 3.05) is 11.9 Å². The Bertz CT molecular complexity index is 1070. The summed E-state index contributed by atoms with van der Waals surface area (Å²) in [4.78, 5) is 44.0. The van der Waals surface area contributed by atoms with E-state index in [0.29, 0.717) is 5.69 Å². The summed E-state index contributed by atoms with van der Waals surface area (Å²) >= 11 is 1.66. The number of para-hydroxylation sites is 1. The molecule has 0 radical (unpaired) electrons. The molecule has 3 N–H and O–H groups in total. The number of anilines is 1. The van der Waals surface area contributed by atoms with Gasteiger partial charge in [-0.2, -0.15) is 0 Å². The molecule has 210 valence electrons. The number of hydrogen-bond donors (Lipinski definition) is 3. The monoisotopic (exact) mass is 543 g/mol. The minimum atomic E-state index is -0.752. The lowest BCUT2D eigenvalue weighted by molar-refractivity contribution is -0.143. The molecule has 3 aliphatic heterocycles. The number of likely N-dealkylation sites (tertiary alicyclic amines) is 1. The van der Waals surface area contributed by atoms with Crippen molar-refractivity contribution in [3.63, 3.8) is 0 Å². The molecule has 2 bridgehead atoms. The molecule has 38 heavy (non-hydrogen) atoms. The van der Waals surface area contributed by atoms with Gasteiger partial charge in [0.25, 0.3) is 0 Å². The van der Waals surface area contributed by atoms with E-state index in [2.05, 4.69) is 38.3 Å². The Labute approximate surface area is 231 Å². The number of benzene rings is 1. The first-order valence-corrected chi connectivity index (χ1v) is 14.8. The number of thioether (sulfide) groups is 1. The number of carbonyl (C=O) groups is 3. The van der Waals surface area contributed by atoms with Crippen molar-refractivity contribution in [1.82, 2.24) is 10.2 Å². The summed E-state index contributed by atoms with van der Waals surface area (Å²) in [5.41, 5.74) is 0.214. The van der Waals surface area contributed by atoms with E-state index in [-0.39, 0.29) is 46.8 Å². The second-order valence-electron chi connectivity index (χ2n) is 13.8. The molecule has 0 aromatic heterocycles. The second-order valence-corrected chi connectivity index (χ2v) is 15.3. The van der Waals surface area contributed by atoms with Gasteiger partial charge in [0.05, 0.1) is 29.2 Å². The molecule has 1 spiro atoms. The third-order valence-corrected chi connectivity index (χ3v) is 10.6. The van der Waals surface area contributed by atoms with Crippen LogP contribution in [-0.2, 0) is 14.4 Å². The molecule has 3 aliphatic rings. The maximum absolute atomic E-state index is 14.3. The molecule has 0 saturated carbocycles. The summed E-state index contributed by atoms with van der Waals surface area (Å²) in [5, 5.41) is 16.7. The second kappa shape index (κ2) is 10.2. The topological polar surface area (TPSA) is 98.7 Å². The quantitative estimate of drug-likeness (QED) is 0.454. The van der Waals surface area contributed by atoms with Crippen molar-refractivity contribution in [3.05, 3.63) is 30.3 Å². The van der Waals surface area contributed by atoms with Crippen LogP contribution in [0, 0.1) is 29.1 Å². The average molecular weight is 544 g/mol. The Morgan fingerprint density at radius 1 is 1.13 bits per heavy atom. The van der Waals surface area contributed by atoms with Crippen LogP contribution >= 0.6 is 11.8 Å². The summed E-state index contributed by atoms with van der Waals surface area (Å²) in [7, 11) is 0. The number of hydrogen-bond acceptors (Lipinski definition) is 5. The fraction of sp³-hybridized carbons (Fsp3) is 0.700. The van der Waals surface area contributed by atoms with Crippen LogP contribution in [0.4, 0.5) is 5.69 Å².